The Balaban J connectivity index is 0.00000242. The average molecular weight is 411 g/mol. The number of aliphatic imine (C=N–C) groups is 1. The molecule has 1 aromatic heterocycles. The number of halogens is 1. The van der Waals surface area contributed by atoms with Gasteiger partial charge in [0.25, 0.3) is 0 Å². The molecule has 0 saturated carbocycles. The first kappa shape index (κ1) is 18.3. The minimum absolute atomic E-state index is 0. The summed E-state index contributed by atoms with van der Waals surface area (Å²) in [6.45, 7) is 4.61. The largest absolute Gasteiger partial charge is 0.351 e. The maximum absolute atomic E-state index is 4.36. The van der Waals surface area contributed by atoms with E-state index in [0.717, 1.165) is 17.5 Å². The van der Waals surface area contributed by atoms with Crippen LogP contribution >= 0.6 is 24.0 Å². The molecule has 6 heteroatoms. The number of rotatable bonds is 4. The fraction of sp³-hybridized carbons (Fsp3) is 0.312. The van der Waals surface area contributed by atoms with Crippen LogP contribution in [0, 0.1) is 6.92 Å². The van der Waals surface area contributed by atoms with Crippen molar-refractivity contribution >= 4 is 29.9 Å². The Morgan fingerprint density at radius 2 is 1.95 bits per heavy atom. The van der Waals surface area contributed by atoms with Crippen LogP contribution in [-0.2, 0) is 6.54 Å². The molecule has 118 valence electrons. The number of aryl methyl sites for hydroxylation is 1. The Bertz CT molecular complexity index is 600. The molecule has 2 aromatic rings. The lowest BCUT2D eigenvalue weighted by Gasteiger charge is -2.18. The average Bonchev–Trinajstić information content (AvgIpc) is 2.52. The monoisotopic (exact) mass is 411 g/mol. The maximum atomic E-state index is 4.36. The van der Waals surface area contributed by atoms with Crippen LogP contribution in [0.3, 0.4) is 0 Å². The first-order valence-electron chi connectivity index (χ1n) is 6.99. The van der Waals surface area contributed by atoms with Crippen LogP contribution in [0.5, 0.6) is 0 Å². The van der Waals surface area contributed by atoms with Crippen LogP contribution in [0.15, 0.2) is 47.6 Å². The van der Waals surface area contributed by atoms with Crippen molar-refractivity contribution < 1.29 is 0 Å². The van der Waals surface area contributed by atoms with Crippen molar-refractivity contribution in [2.45, 2.75) is 26.4 Å². The van der Waals surface area contributed by atoms with Gasteiger partial charge in [-0.05, 0) is 25.5 Å². The molecule has 2 rings (SSSR count). The van der Waals surface area contributed by atoms with Gasteiger partial charge in [-0.1, -0.05) is 30.3 Å². The Labute approximate surface area is 148 Å². The third-order valence-corrected chi connectivity index (χ3v) is 3.15. The van der Waals surface area contributed by atoms with Gasteiger partial charge in [0, 0.05) is 13.2 Å². The van der Waals surface area contributed by atoms with E-state index in [4.69, 9.17) is 0 Å². The lowest BCUT2D eigenvalue weighted by atomic mass is 10.1. The molecule has 0 fully saturated rings. The van der Waals surface area contributed by atoms with Crippen molar-refractivity contribution in [1.82, 2.24) is 20.6 Å². The molecule has 5 nitrogen and oxygen atoms in total. The van der Waals surface area contributed by atoms with Crippen molar-refractivity contribution in [3.8, 4) is 0 Å². The van der Waals surface area contributed by atoms with Crippen LogP contribution in [0.4, 0.5) is 0 Å². The van der Waals surface area contributed by atoms with E-state index in [1.807, 2.05) is 31.2 Å². The molecule has 0 saturated heterocycles. The van der Waals surface area contributed by atoms with Gasteiger partial charge in [-0.2, -0.15) is 0 Å². The number of nitrogens with zero attached hydrogens (tertiary/aromatic N) is 3. The van der Waals surface area contributed by atoms with Crippen molar-refractivity contribution in [2.75, 3.05) is 7.05 Å². The number of aromatic nitrogens is 2. The Morgan fingerprint density at radius 1 is 1.23 bits per heavy atom. The lowest BCUT2D eigenvalue weighted by Crippen LogP contribution is -2.38. The van der Waals surface area contributed by atoms with Gasteiger partial charge in [0.1, 0.15) is 5.82 Å². The number of nitrogens with one attached hydrogen (secondary N) is 2. The van der Waals surface area contributed by atoms with Crippen molar-refractivity contribution in [1.29, 1.82) is 0 Å². The molecule has 1 aromatic carbocycles. The Kier molecular flexibility index (Phi) is 7.79. The Hall–Kier alpha value is -1.70. The zero-order valence-corrected chi connectivity index (χ0v) is 15.4. The second-order valence-corrected chi connectivity index (χ2v) is 4.80. The first-order chi connectivity index (χ1) is 10.2. The van der Waals surface area contributed by atoms with Gasteiger partial charge in [0.05, 0.1) is 18.3 Å². The first-order valence-corrected chi connectivity index (χ1v) is 6.99. The van der Waals surface area contributed by atoms with Crippen molar-refractivity contribution in [3.05, 3.63) is 59.7 Å². The molecule has 0 bridgehead atoms. The summed E-state index contributed by atoms with van der Waals surface area (Å²) in [5, 5.41) is 6.63. The van der Waals surface area contributed by atoms with Crippen molar-refractivity contribution in [3.63, 3.8) is 0 Å². The molecule has 0 aliphatic carbocycles. The highest BCUT2D eigenvalue weighted by atomic mass is 127. The summed E-state index contributed by atoms with van der Waals surface area (Å²) in [6.07, 6.45) is 1.77. The SMILES string of the molecule is CN=C(NCc1ccnc(C)n1)NC(C)c1ccccc1.I. The van der Waals surface area contributed by atoms with E-state index >= 15 is 0 Å². The van der Waals surface area contributed by atoms with Crippen LogP contribution in [0.25, 0.3) is 0 Å². The second kappa shape index (κ2) is 9.34. The third kappa shape index (κ3) is 5.59. The predicted molar refractivity (Wildman–Crippen MR) is 100 cm³/mol. The molecule has 0 aliphatic rings. The molecule has 0 amide bonds. The fourth-order valence-corrected chi connectivity index (χ4v) is 2.00. The van der Waals surface area contributed by atoms with E-state index in [9.17, 15) is 0 Å². The van der Waals surface area contributed by atoms with Crippen LogP contribution in [0.2, 0.25) is 0 Å². The molecule has 0 radical (unpaired) electrons. The van der Waals surface area contributed by atoms with Crippen LogP contribution in [-0.4, -0.2) is 23.0 Å². The summed E-state index contributed by atoms with van der Waals surface area (Å²) in [6, 6.07) is 12.4. The van der Waals surface area contributed by atoms with Gasteiger partial charge >= 0.3 is 0 Å². The molecule has 1 atom stereocenters. The van der Waals surface area contributed by atoms with E-state index in [-0.39, 0.29) is 30.0 Å². The van der Waals surface area contributed by atoms with Crippen LogP contribution < -0.4 is 10.6 Å². The molecule has 1 heterocycles. The minimum atomic E-state index is 0. The van der Waals surface area contributed by atoms with Gasteiger partial charge in [0.2, 0.25) is 0 Å². The summed E-state index contributed by atoms with van der Waals surface area (Å²) in [5.41, 5.74) is 2.16. The summed E-state index contributed by atoms with van der Waals surface area (Å²) in [4.78, 5) is 12.7. The zero-order valence-electron chi connectivity index (χ0n) is 13.1. The lowest BCUT2D eigenvalue weighted by molar-refractivity contribution is 0.682. The van der Waals surface area contributed by atoms with E-state index in [1.165, 1.54) is 5.56 Å². The smallest absolute Gasteiger partial charge is 0.191 e. The topological polar surface area (TPSA) is 62.2 Å². The maximum Gasteiger partial charge on any atom is 0.191 e. The number of benzene rings is 1. The second-order valence-electron chi connectivity index (χ2n) is 4.80. The van der Waals surface area contributed by atoms with E-state index in [1.54, 1.807) is 13.2 Å². The summed E-state index contributed by atoms with van der Waals surface area (Å²) in [7, 11) is 1.76. The molecular weight excluding hydrogens is 389 g/mol. The summed E-state index contributed by atoms with van der Waals surface area (Å²) >= 11 is 0. The minimum Gasteiger partial charge on any atom is -0.351 e. The van der Waals surface area contributed by atoms with Crippen LogP contribution in [0.1, 0.15) is 30.0 Å². The molecule has 0 spiro atoms. The van der Waals surface area contributed by atoms with Gasteiger partial charge in [-0.25, -0.2) is 9.97 Å². The van der Waals surface area contributed by atoms with Gasteiger partial charge in [0.15, 0.2) is 5.96 Å². The molecule has 1 unspecified atom stereocenters. The van der Waals surface area contributed by atoms with Gasteiger partial charge in [-0.3, -0.25) is 4.99 Å². The van der Waals surface area contributed by atoms with E-state index in [0.29, 0.717) is 6.54 Å². The number of hydrogen-bond acceptors (Lipinski definition) is 3. The van der Waals surface area contributed by atoms with E-state index in [2.05, 4.69) is 44.7 Å². The standard InChI is InChI=1S/C16H21N5.HI/c1-12(14-7-5-4-6-8-14)20-16(17-3)19-11-15-9-10-18-13(2)21-15;/h4-10,12H,11H2,1-3H3,(H2,17,19,20);1H. The van der Waals surface area contributed by atoms with Gasteiger partial charge in [-0.15, -0.1) is 24.0 Å². The highest BCUT2D eigenvalue weighted by Crippen LogP contribution is 2.10. The summed E-state index contributed by atoms with van der Waals surface area (Å²) < 4.78 is 0. The third-order valence-electron chi connectivity index (χ3n) is 3.15. The van der Waals surface area contributed by atoms with Crippen molar-refractivity contribution in [2.24, 2.45) is 4.99 Å². The molecule has 22 heavy (non-hydrogen) atoms. The molecule has 0 aliphatic heterocycles. The quantitative estimate of drug-likeness (QED) is 0.462. The Morgan fingerprint density at radius 3 is 2.59 bits per heavy atom. The fourth-order valence-electron chi connectivity index (χ4n) is 2.00. The van der Waals surface area contributed by atoms with E-state index < -0.39 is 0 Å². The molecule has 2 N–H and O–H groups in total. The predicted octanol–water partition coefficient (Wildman–Crippen LogP) is 2.83. The molecular formula is C16H22IN5. The highest BCUT2D eigenvalue weighted by Gasteiger charge is 2.07. The summed E-state index contributed by atoms with van der Waals surface area (Å²) in [5.74, 6) is 1.53. The number of guanidine groups is 1. The number of hydrogen-bond donors (Lipinski definition) is 2. The zero-order chi connectivity index (χ0) is 15.1. The normalized spacial score (nSPS) is 12.2. The van der Waals surface area contributed by atoms with Gasteiger partial charge < -0.3 is 10.6 Å². The highest BCUT2D eigenvalue weighted by molar-refractivity contribution is 14.0.